The summed E-state index contributed by atoms with van der Waals surface area (Å²) in [6, 6.07) is 12.5. The fourth-order valence-electron chi connectivity index (χ4n) is 5.37. The third kappa shape index (κ3) is 5.17. The molecule has 2 atom stereocenters. The molecular formula is C27H29F3N2O5. The first kappa shape index (κ1) is 25.5. The van der Waals surface area contributed by atoms with Crippen LogP contribution in [0.2, 0.25) is 0 Å². The van der Waals surface area contributed by atoms with E-state index in [-0.39, 0.29) is 44.2 Å². The van der Waals surface area contributed by atoms with Crippen molar-refractivity contribution in [1.29, 1.82) is 0 Å². The summed E-state index contributed by atoms with van der Waals surface area (Å²) in [5, 5.41) is 0. The molecule has 3 aliphatic rings. The van der Waals surface area contributed by atoms with E-state index in [0.29, 0.717) is 31.7 Å². The van der Waals surface area contributed by atoms with Gasteiger partial charge < -0.3 is 24.0 Å². The van der Waals surface area contributed by atoms with Crippen LogP contribution < -0.4 is 4.90 Å². The summed E-state index contributed by atoms with van der Waals surface area (Å²) in [6.07, 6.45) is -4.35. The summed E-state index contributed by atoms with van der Waals surface area (Å²) in [5.74, 6) is -0.00418. The van der Waals surface area contributed by atoms with E-state index in [4.69, 9.17) is 14.2 Å². The second-order valence-electron chi connectivity index (χ2n) is 9.84. The Labute approximate surface area is 213 Å². The van der Waals surface area contributed by atoms with Gasteiger partial charge in [0.2, 0.25) is 0 Å². The Kier molecular flexibility index (Phi) is 6.89. The van der Waals surface area contributed by atoms with Crippen LogP contribution in [0.4, 0.5) is 18.9 Å². The molecule has 2 aromatic carbocycles. The van der Waals surface area contributed by atoms with Crippen LogP contribution in [0.1, 0.15) is 28.4 Å². The van der Waals surface area contributed by atoms with Gasteiger partial charge in [0.05, 0.1) is 25.4 Å². The number of rotatable bonds is 7. The van der Waals surface area contributed by atoms with Gasteiger partial charge in [-0.25, -0.2) is 4.79 Å². The summed E-state index contributed by atoms with van der Waals surface area (Å²) in [5.41, 5.74) is 0.650. The smallest absolute Gasteiger partial charge is 0.416 e. The zero-order chi connectivity index (χ0) is 26.2. The van der Waals surface area contributed by atoms with Crippen LogP contribution in [0.3, 0.4) is 0 Å². The minimum atomic E-state index is -4.35. The number of benzene rings is 2. The number of hydrogen-bond donors (Lipinski definition) is 0. The van der Waals surface area contributed by atoms with Gasteiger partial charge in [0.25, 0.3) is 5.91 Å². The lowest BCUT2D eigenvalue weighted by Gasteiger charge is -2.41. The first-order valence-corrected chi connectivity index (χ1v) is 12.4. The van der Waals surface area contributed by atoms with Gasteiger partial charge in [0, 0.05) is 49.3 Å². The lowest BCUT2D eigenvalue weighted by molar-refractivity contribution is -0.221. The molecule has 3 saturated heterocycles. The van der Waals surface area contributed by atoms with Crippen molar-refractivity contribution in [3.63, 3.8) is 0 Å². The lowest BCUT2D eigenvalue weighted by atomic mass is 9.90. The molecule has 7 nitrogen and oxygen atoms in total. The van der Waals surface area contributed by atoms with Crippen LogP contribution in [0.5, 0.6) is 0 Å². The number of nitrogens with zero attached hydrogens (tertiary/aromatic N) is 2. The molecule has 3 aliphatic heterocycles. The maximum absolute atomic E-state index is 13.4. The summed E-state index contributed by atoms with van der Waals surface area (Å²) in [4.78, 5) is 29.1. The SMILES string of the molecule is CCOC(=O)COC1(c2cccc(C(=O)N3CC4CN(c5ccc(C(F)(F)F)cc5)CC4C3)c2)COC1. The van der Waals surface area contributed by atoms with Gasteiger partial charge in [-0.15, -0.1) is 0 Å². The fraction of sp³-hybridized carbons (Fsp3) is 0.481. The van der Waals surface area contributed by atoms with E-state index in [2.05, 4.69) is 4.90 Å². The Bertz CT molecular complexity index is 1140. The number of fused-ring (bicyclic) bond motifs is 1. The standard InChI is InChI=1S/C27H29F3N2O5/c1-2-36-24(33)15-37-26(16-35-17-26)22-5-3-4-18(10-22)25(34)32-13-19-11-31(12-20(19)14-32)23-8-6-21(7-9-23)27(28,29)30/h3-10,19-20H,2,11-17H2,1H3. The van der Waals surface area contributed by atoms with Crippen molar-refractivity contribution >= 4 is 17.6 Å². The highest BCUT2D eigenvalue weighted by Gasteiger charge is 2.44. The van der Waals surface area contributed by atoms with E-state index in [1.165, 1.54) is 12.1 Å². The number of carbonyl (C=O) groups excluding carboxylic acids is 2. The number of anilines is 1. The van der Waals surface area contributed by atoms with Crippen molar-refractivity contribution in [2.45, 2.75) is 18.7 Å². The average molecular weight is 519 g/mol. The minimum absolute atomic E-state index is 0.0712. The van der Waals surface area contributed by atoms with E-state index in [1.54, 1.807) is 25.1 Å². The summed E-state index contributed by atoms with van der Waals surface area (Å²) < 4.78 is 54.8. The molecule has 5 rings (SSSR count). The first-order chi connectivity index (χ1) is 17.7. The Hall–Kier alpha value is -3.11. The molecule has 2 aromatic rings. The zero-order valence-corrected chi connectivity index (χ0v) is 20.5. The molecule has 2 unspecified atom stereocenters. The number of halogens is 3. The van der Waals surface area contributed by atoms with E-state index in [0.717, 1.165) is 23.4 Å². The first-order valence-electron chi connectivity index (χ1n) is 12.4. The number of amides is 1. The molecule has 3 heterocycles. The Balaban J connectivity index is 1.21. The third-order valence-corrected chi connectivity index (χ3v) is 7.41. The van der Waals surface area contributed by atoms with Crippen molar-refractivity contribution in [1.82, 2.24) is 4.90 Å². The minimum Gasteiger partial charge on any atom is -0.464 e. The van der Waals surface area contributed by atoms with Gasteiger partial charge in [-0.3, -0.25) is 4.79 Å². The fourth-order valence-corrected chi connectivity index (χ4v) is 5.37. The van der Waals surface area contributed by atoms with Gasteiger partial charge in [-0.05, 0) is 48.9 Å². The molecule has 198 valence electrons. The molecule has 0 spiro atoms. The quantitative estimate of drug-likeness (QED) is 0.521. The predicted molar refractivity (Wildman–Crippen MR) is 128 cm³/mol. The molecule has 0 N–H and O–H groups in total. The van der Waals surface area contributed by atoms with Crippen LogP contribution >= 0.6 is 0 Å². The van der Waals surface area contributed by atoms with E-state index < -0.39 is 23.3 Å². The average Bonchev–Trinajstić information content (AvgIpc) is 3.43. The monoisotopic (exact) mass is 518 g/mol. The molecule has 0 aliphatic carbocycles. The normalized spacial score (nSPS) is 22.5. The Morgan fingerprint density at radius 1 is 1.03 bits per heavy atom. The van der Waals surface area contributed by atoms with Crippen molar-refractivity contribution < 1.29 is 37.0 Å². The predicted octanol–water partition coefficient (Wildman–Crippen LogP) is 3.72. The van der Waals surface area contributed by atoms with Crippen molar-refractivity contribution in [2.75, 3.05) is 57.5 Å². The number of ether oxygens (including phenoxy) is 3. The van der Waals surface area contributed by atoms with Gasteiger partial charge >= 0.3 is 12.1 Å². The molecule has 0 aromatic heterocycles. The molecule has 0 bridgehead atoms. The third-order valence-electron chi connectivity index (χ3n) is 7.41. The van der Waals surface area contributed by atoms with Crippen LogP contribution in [-0.4, -0.2) is 69.4 Å². The van der Waals surface area contributed by atoms with Crippen LogP contribution in [0, 0.1) is 11.8 Å². The Morgan fingerprint density at radius 2 is 1.70 bits per heavy atom. The molecular weight excluding hydrogens is 489 g/mol. The highest BCUT2D eigenvalue weighted by atomic mass is 19.4. The number of alkyl halides is 3. The molecule has 3 fully saturated rings. The van der Waals surface area contributed by atoms with Crippen LogP contribution in [-0.2, 0) is 30.8 Å². The maximum Gasteiger partial charge on any atom is 0.416 e. The molecule has 0 saturated carbocycles. The van der Waals surface area contributed by atoms with Gasteiger partial charge in [-0.2, -0.15) is 13.2 Å². The molecule has 1 amide bonds. The van der Waals surface area contributed by atoms with E-state index in [9.17, 15) is 22.8 Å². The largest absolute Gasteiger partial charge is 0.464 e. The van der Waals surface area contributed by atoms with Crippen LogP contribution in [0.25, 0.3) is 0 Å². The number of hydrogen-bond acceptors (Lipinski definition) is 6. The summed E-state index contributed by atoms with van der Waals surface area (Å²) >= 11 is 0. The number of likely N-dealkylation sites (tertiary alicyclic amines) is 1. The van der Waals surface area contributed by atoms with Gasteiger partial charge in [0.1, 0.15) is 12.2 Å². The maximum atomic E-state index is 13.4. The summed E-state index contributed by atoms with van der Waals surface area (Å²) in [7, 11) is 0. The molecule has 37 heavy (non-hydrogen) atoms. The van der Waals surface area contributed by atoms with Crippen molar-refractivity contribution in [3.8, 4) is 0 Å². The van der Waals surface area contributed by atoms with Crippen LogP contribution in [0.15, 0.2) is 48.5 Å². The topological polar surface area (TPSA) is 68.3 Å². The van der Waals surface area contributed by atoms with Crippen molar-refractivity contribution in [2.24, 2.45) is 11.8 Å². The second-order valence-corrected chi connectivity index (χ2v) is 9.84. The number of carbonyl (C=O) groups is 2. The van der Waals surface area contributed by atoms with Gasteiger partial charge in [0.15, 0.2) is 0 Å². The lowest BCUT2D eigenvalue weighted by Crippen LogP contribution is -2.50. The zero-order valence-electron chi connectivity index (χ0n) is 20.5. The summed E-state index contributed by atoms with van der Waals surface area (Å²) in [6.45, 7) is 4.97. The van der Waals surface area contributed by atoms with E-state index in [1.807, 2.05) is 11.0 Å². The molecule has 10 heteroatoms. The Morgan fingerprint density at radius 3 is 2.27 bits per heavy atom. The number of esters is 1. The molecule has 0 radical (unpaired) electrons. The highest BCUT2D eigenvalue weighted by Crippen LogP contribution is 2.37. The second kappa shape index (κ2) is 9.98. The highest BCUT2D eigenvalue weighted by molar-refractivity contribution is 5.94. The van der Waals surface area contributed by atoms with Crippen molar-refractivity contribution in [3.05, 3.63) is 65.2 Å². The van der Waals surface area contributed by atoms with Gasteiger partial charge in [-0.1, -0.05) is 12.1 Å². The van der Waals surface area contributed by atoms with E-state index >= 15 is 0 Å².